The molecule has 2 atom stereocenters. The van der Waals surface area contributed by atoms with Crippen molar-refractivity contribution < 1.29 is 14.6 Å². The molecule has 1 aliphatic heterocycles. The van der Waals surface area contributed by atoms with Crippen LogP contribution in [-0.2, 0) is 9.53 Å². The number of carboxylic acid groups (broad SMARTS) is 1. The minimum Gasteiger partial charge on any atom is -0.481 e. The van der Waals surface area contributed by atoms with Gasteiger partial charge in [-0.05, 0) is 26.3 Å². The minimum atomic E-state index is -0.780. The number of nitrogens with two attached hydrogens (primary N) is 1. The van der Waals surface area contributed by atoms with E-state index in [4.69, 9.17) is 10.5 Å². The number of rotatable bonds is 5. The zero-order chi connectivity index (χ0) is 15.4. The van der Waals surface area contributed by atoms with Gasteiger partial charge in [0, 0.05) is 30.9 Å². The number of nitrogens with zero attached hydrogens (tertiary/aromatic N) is 3. The number of aromatic nitrogens is 2. The van der Waals surface area contributed by atoms with E-state index in [0.29, 0.717) is 38.5 Å². The highest BCUT2D eigenvalue weighted by Crippen LogP contribution is 2.27. The summed E-state index contributed by atoms with van der Waals surface area (Å²) < 4.78 is 5.72. The third-order valence-electron chi connectivity index (χ3n) is 3.56. The van der Waals surface area contributed by atoms with Crippen LogP contribution in [0.3, 0.4) is 0 Å². The van der Waals surface area contributed by atoms with Gasteiger partial charge < -0.3 is 20.5 Å². The first kappa shape index (κ1) is 15.7. The summed E-state index contributed by atoms with van der Waals surface area (Å²) in [4.78, 5) is 22.0. The van der Waals surface area contributed by atoms with Crippen molar-refractivity contribution in [2.45, 2.75) is 32.9 Å². The summed E-state index contributed by atoms with van der Waals surface area (Å²) in [6.07, 6.45) is 0.643. The van der Waals surface area contributed by atoms with Gasteiger partial charge in [-0.3, -0.25) is 4.79 Å². The number of carboxylic acids is 1. The van der Waals surface area contributed by atoms with E-state index in [2.05, 4.69) is 9.97 Å². The topological polar surface area (TPSA) is 102 Å². The van der Waals surface area contributed by atoms with E-state index in [0.717, 1.165) is 11.4 Å². The van der Waals surface area contributed by atoms with Gasteiger partial charge in [0.15, 0.2) is 0 Å². The number of piperidine rings is 1. The van der Waals surface area contributed by atoms with Crippen molar-refractivity contribution in [3.63, 3.8) is 0 Å². The number of aryl methyl sites for hydroxylation is 2. The van der Waals surface area contributed by atoms with Crippen molar-refractivity contribution in [2.24, 2.45) is 11.7 Å². The van der Waals surface area contributed by atoms with Gasteiger partial charge in [0.05, 0.1) is 12.5 Å². The highest BCUT2D eigenvalue weighted by molar-refractivity contribution is 5.70. The van der Waals surface area contributed by atoms with Gasteiger partial charge >= 0.3 is 5.97 Å². The fourth-order valence-corrected chi connectivity index (χ4v) is 2.58. The average Bonchev–Trinajstić information content (AvgIpc) is 2.43. The molecule has 1 aromatic heterocycles. The zero-order valence-corrected chi connectivity index (χ0v) is 12.5. The molecule has 0 bridgehead atoms. The van der Waals surface area contributed by atoms with Crippen LogP contribution in [0.1, 0.15) is 24.2 Å². The molecular weight excluding hydrogens is 272 g/mol. The lowest BCUT2D eigenvalue weighted by Crippen LogP contribution is -2.47. The molecule has 0 amide bonds. The summed E-state index contributed by atoms with van der Waals surface area (Å²) in [6, 6.07) is 1.91. The standard InChI is InChI=1S/C14H22N4O3/c1-9-7-10(2)17-14(16-9)18-5-3-11(13(19)20)8-12(18)21-6-4-15/h7,11-12H,3-6,8,15H2,1-2H3,(H,19,20). The molecule has 1 aromatic rings. The van der Waals surface area contributed by atoms with Crippen LogP contribution < -0.4 is 10.6 Å². The fourth-order valence-electron chi connectivity index (χ4n) is 2.58. The number of anilines is 1. The maximum Gasteiger partial charge on any atom is 0.306 e. The Bertz CT molecular complexity index is 489. The van der Waals surface area contributed by atoms with E-state index in [9.17, 15) is 9.90 Å². The summed E-state index contributed by atoms with van der Waals surface area (Å²) in [5, 5.41) is 9.20. The Balaban J connectivity index is 2.20. The number of aliphatic carboxylic acids is 1. The number of carbonyl (C=O) groups is 1. The molecule has 3 N–H and O–H groups in total. The van der Waals surface area contributed by atoms with E-state index < -0.39 is 11.9 Å². The molecule has 2 rings (SSSR count). The average molecular weight is 294 g/mol. The molecule has 1 aliphatic rings. The number of ether oxygens (including phenoxy) is 1. The number of hydrogen-bond donors (Lipinski definition) is 2. The second-order valence-electron chi connectivity index (χ2n) is 5.32. The lowest BCUT2D eigenvalue weighted by atomic mass is 9.96. The SMILES string of the molecule is Cc1cc(C)nc(N2CCC(C(=O)O)CC2OCCN)n1. The normalized spacial score (nSPS) is 22.3. The van der Waals surface area contributed by atoms with Gasteiger partial charge in [0.2, 0.25) is 5.95 Å². The molecular formula is C14H22N4O3. The maximum atomic E-state index is 11.2. The van der Waals surface area contributed by atoms with Crippen LogP contribution in [0.25, 0.3) is 0 Å². The predicted molar refractivity (Wildman–Crippen MR) is 78.0 cm³/mol. The van der Waals surface area contributed by atoms with Gasteiger partial charge in [-0.25, -0.2) is 9.97 Å². The molecule has 2 unspecified atom stereocenters. The van der Waals surface area contributed by atoms with Gasteiger partial charge in [-0.2, -0.15) is 0 Å². The van der Waals surface area contributed by atoms with Gasteiger partial charge in [0.1, 0.15) is 6.23 Å². The smallest absolute Gasteiger partial charge is 0.306 e. The lowest BCUT2D eigenvalue weighted by Gasteiger charge is -2.38. The van der Waals surface area contributed by atoms with E-state index >= 15 is 0 Å². The van der Waals surface area contributed by atoms with Crippen LogP contribution in [0, 0.1) is 19.8 Å². The highest BCUT2D eigenvalue weighted by atomic mass is 16.5. The molecule has 1 saturated heterocycles. The predicted octanol–water partition coefficient (Wildman–Crippen LogP) is 0.696. The van der Waals surface area contributed by atoms with Crippen LogP contribution in [0.5, 0.6) is 0 Å². The fraction of sp³-hybridized carbons (Fsp3) is 0.643. The Morgan fingerprint density at radius 1 is 1.48 bits per heavy atom. The molecule has 0 radical (unpaired) electrons. The van der Waals surface area contributed by atoms with Crippen LogP contribution >= 0.6 is 0 Å². The number of hydrogen-bond acceptors (Lipinski definition) is 6. The second kappa shape index (κ2) is 6.82. The minimum absolute atomic E-state index is 0.343. The first-order valence-electron chi connectivity index (χ1n) is 7.14. The second-order valence-corrected chi connectivity index (χ2v) is 5.32. The summed E-state index contributed by atoms with van der Waals surface area (Å²) in [6.45, 7) is 5.18. The van der Waals surface area contributed by atoms with Crippen LogP contribution in [0.15, 0.2) is 6.07 Å². The molecule has 0 saturated carbocycles. The summed E-state index contributed by atoms with van der Waals surface area (Å²) >= 11 is 0. The van der Waals surface area contributed by atoms with Crippen LogP contribution in [0.4, 0.5) is 5.95 Å². The quantitative estimate of drug-likeness (QED) is 0.824. The van der Waals surface area contributed by atoms with E-state index in [1.54, 1.807) is 0 Å². The zero-order valence-electron chi connectivity index (χ0n) is 12.5. The Kier molecular flexibility index (Phi) is 5.08. The Morgan fingerprint density at radius 3 is 2.71 bits per heavy atom. The van der Waals surface area contributed by atoms with Crippen molar-refractivity contribution in [2.75, 3.05) is 24.6 Å². The monoisotopic (exact) mass is 294 g/mol. The Labute approximate surface area is 124 Å². The van der Waals surface area contributed by atoms with E-state index in [-0.39, 0.29) is 6.23 Å². The third-order valence-corrected chi connectivity index (χ3v) is 3.56. The summed E-state index contributed by atoms with van der Waals surface area (Å²) in [5.41, 5.74) is 7.25. The van der Waals surface area contributed by atoms with E-state index in [1.165, 1.54) is 0 Å². The highest BCUT2D eigenvalue weighted by Gasteiger charge is 2.34. The van der Waals surface area contributed by atoms with Crippen molar-refractivity contribution >= 4 is 11.9 Å². The molecule has 21 heavy (non-hydrogen) atoms. The molecule has 0 aromatic carbocycles. The molecule has 1 fully saturated rings. The van der Waals surface area contributed by atoms with Crippen molar-refractivity contribution in [1.82, 2.24) is 9.97 Å². The third kappa shape index (κ3) is 3.89. The summed E-state index contributed by atoms with van der Waals surface area (Å²) in [5.74, 6) is -0.578. The van der Waals surface area contributed by atoms with Crippen LogP contribution in [-0.4, -0.2) is 47.0 Å². The first-order chi connectivity index (χ1) is 10.0. The van der Waals surface area contributed by atoms with Gasteiger partial charge in [0.25, 0.3) is 0 Å². The van der Waals surface area contributed by atoms with Crippen molar-refractivity contribution in [3.8, 4) is 0 Å². The molecule has 116 valence electrons. The largest absolute Gasteiger partial charge is 0.481 e. The van der Waals surface area contributed by atoms with Crippen LogP contribution in [0.2, 0.25) is 0 Å². The Morgan fingerprint density at radius 2 is 2.14 bits per heavy atom. The first-order valence-corrected chi connectivity index (χ1v) is 7.14. The maximum absolute atomic E-state index is 11.2. The van der Waals surface area contributed by atoms with Gasteiger partial charge in [-0.1, -0.05) is 0 Å². The lowest BCUT2D eigenvalue weighted by molar-refractivity contribution is -0.144. The molecule has 7 heteroatoms. The van der Waals surface area contributed by atoms with Gasteiger partial charge in [-0.15, -0.1) is 0 Å². The Hall–Kier alpha value is -1.73. The molecule has 7 nitrogen and oxygen atoms in total. The van der Waals surface area contributed by atoms with Crippen molar-refractivity contribution in [1.29, 1.82) is 0 Å². The molecule has 0 spiro atoms. The molecule has 2 heterocycles. The summed E-state index contributed by atoms with van der Waals surface area (Å²) in [7, 11) is 0. The van der Waals surface area contributed by atoms with E-state index in [1.807, 2.05) is 24.8 Å². The molecule has 0 aliphatic carbocycles. The van der Waals surface area contributed by atoms with Crippen molar-refractivity contribution in [3.05, 3.63) is 17.5 Å².